The minimum atomic E-state index is -3.07. The molecule has 1 aliphatic rings. The van der Waals surface area contributed by atoms with E-state index in [1.165, 1.54) is 6.20 Å². The van der Waals surface area contributed by atoms with Crippen molar-refractivity contribution in [2.45, 2.75) is 25.1 Å². The fraction of sp³-hybridized carbons (Fsp3) is 0.500. The molecule has 1 amide bonds. The third-order valence-corrected chi connectivity index (χ3v) is 5.80. The molecule has 0 bridgehead atoms. The lowest BCUT2D eigenvalue weighted by Gasteiger charge is -2.37. The highest BCUT2D eigenvalue weighted by Gasteiger charge is 2.38. The lowest BCUT2D eigenvalue weighted by atomic mass is 10.1. The van der Waals surface area contributed by atoms with Crippen LogP contribution in [0.4, 0.5) is 0 Å². The lowest BCUT2D eigenvalue weighted by Crippen LogP contribution is -2.54. The van der Waals surface area contributed by atoms with Crippen molar-refractivity contribution in [1.29, 1.82) is 0 Å². The van der Waals surface area contributed by atoms with E-state index < -0.39 is 15.1 Å². The van der Waals surface area contributed by atoms with Gasteiger partial charge in [0.05, 0.1) is 16.6 Å². The van der Waals surface area contributed by atoms with Crippen molar-refractivity contribution in [2.75, 3.05) is 12.3 Å². The molecule has 98 valence electrons. The van der Waals surface area contributed by atoms with Gasteiger partial charge in [-0.15, -0.1) is 0 Å². The van der Waals surface area contributed by atoms with Crippen LogP contribution in [-0.2, 0) is 9.84 Å². The molecule has 2 rings (SSSR count). The third kappa shape index (κ3) is 2.25. The number of carbonyl (C=O) groups is 1. The maximum absolute atomic E-state index is 12.3. The topological polar surface area (TPSA) is 67.3 Å². The summed E-state index contributed by atoms with van der Waals surface area (Å²) in [6.07, 6.45) is 3.10. The van der Waals surface area contributed by atoms with Crippen molar-refractivity contribution < 1.29 is 13.2 Å². The maximum atomic E-state index is 12.3. The fourth-order valence-corrected chi connectivity index (χ4v) is 3.68. The first-order valence-electron chi connectivity index (χ1n) is 5.86. The number of carbonyl (C=O) groups excluding carboxylic acids is 1. The van der Waals surface area contributed by atoms with Gasteiger partial charge in [-0.25, -0.2) is 8.42 Å². The number of pyridine rings is 1. The van der Waals surface area contributed by atoms with Crippen LogP contribution >= 0.6 is 0 Å². The average molecular weight is 268 g/mol. The minimum absolute atomic E-state index is 0.0323. The molecule has 5 nitrogen and oxygen atoms in total. The molecule has 0 radical (unpaired) electrons. The van der Waals surface area contributed by atoms with Crippen molar-refractivity contribution in [2.24, 2.45) is 0 Å². The molecule has 1 fully saturated rings. The molecule has 0 aliphatic carbocycles. The van der Waals surface area contributed by atoms with E-state index in [0.29, 0.717) is 5.56 Å². The predicted molar refractivity (Wildman–Crippen MR) is 68.0 cm³/mol. The van der Waals surface area contributed by atoms with Gasteiger partial charge in [-0.05, 0) is 26.0 Å². The van der Waals surface area contributed by atoms with Crippen molar-refractivity contribution in [3.63, 3.8) is 0 Å². The Labute approximate surface area is 107 Å². The molecular formula is C12H16N2O3S. The summed E-state index contributed by atoms with van der Waals surface area (Å²) in [5.41, 5.74) is 0.496. The third-order valence-electron chi connectivity index (χ3n) is 3.52. The first-order valence-corrected chi connectivity index (χ1v) is 7.57. The number of hydrogen-bond donors (Lipinski definition) is 0. The first kappa shape index (κ1) is 13.0. The Kier molecular flexibility index (Phi) is 3.38. The van der Waals surface area contributed by atoms with Crippen molar-refractivity contribution in [3.05, 3.63) is 30.1 Å². The molecule has 18 heavy (non-hydrogen) atoms. The van der Waals surface area contributed by atoms with E-state index in [0.717, 1.165) is 0 Å². The van der Waals surface area contributed by atoms with E-state index in [4.69, 9.17) is 0 Å². The van der Waals surface area contributed by atoms with E-state index in [2.05, 4.69) is 4.98 Å². The van der Waals surface area contributed by atoms with Crippen molar-refractivity contribution in [1.82, 2.24) is 9.88 Å². The lowest BCUT2D eigenvalue weighted by molar-refractivity contribution is 0.0693. The van der Waals surface area contributed by atoms with Gasteiger partial charge in [0.2, 0.25) is 0 Å². The number of hydrogen-bond acceptors (Lipinski definition) is 4. The zero-order chi connectivity index (χ0) is 13.3. The van der Waals surface area contributed by atoms with Gasteiger partial charge < -0.3 is 4.90 Å². The Bertz CT molecular complexity index is 542. The van der Waals surface area contributed by atoms with E-state index in [1.807, 2.05) is 0 Å². The molecule has 0 N–H and O–H groups in total. The molecule has 0 spiro atoms. The highest BCUT2D eigenvalue weighted by atomic mass is 32.2. The van der Waals surface area contributed by atoms with E-state index in [1.54, 1.807) is 37.1 Å². The zero-order valence-corrected chi connectivity index (χ0v) is 11.2. The number of sulfone groups is 1. The van der Waals surface area contributed by atoms with Gasteiger partial charge in [0, 0.05) is 25.0 Å². The van der Waals surface area contributed by atoms with Gasteiger partial charge in [-0.1, -0.05) is 0 Å². The van der Waals surface area contributed by atoms with Crippen LogP contribution < -0.4 is 0 Å². The quantitative estimate of drug-likeness (QED) is 0.753. The Balaban J connectivity index is 2.23. The Morgan fingerprint density at radius 3 is 2.78 bits per heavy atom. The summed E-state index contributed by atoms with van der Waals surface area (Å²) in [5.74, 6) is -0.123. The average Bonchev–Trinajstić information content (AvgIpc) is 2.37. The molecule has 1 aromatic heterocycles. The smallest absolute Gasteiger partial charge is 0.255 e. The summed E-state index contributed by atoms with van der Waals surface area (Å²) < 4.78 is 23.5. The molecule has 1 aliphatic heterocycles. The highest BCUT2D eigenvalue weighted by molar-refractivity contribution is 7.92. The Morgan fingerprint density at radius 2 is 2.17 bits per heavy atom. The summed E-state index contributed by atoms with van der Waals surface area (Å²) in [4.78, 5) is 17.8. The van der Waals surface area contributed by atoms with Crippen LogP contribution in [0, 0.1) is 0 Å². The van der Waals surface area contributed by atoms with Gasteiger partial charge in [0.25, 0.3) is 5.91 Å². The van der Waals surface area contributed by atoms with Gasteiger partial charge in [0.1, 0.15) is 0 Å². The molecule has 2 heterocycles. The molecule has 1 saturated heterocycles. The van der Waals surface area contributed by atoms with E-state index in [9.17, 15) is 13.2 Å². The molecule has 0 unspecified atom stereocenters. The second-order valence-electron chi connectivity index (χ2n) is 4.55. The van der Waals surface area contributed by atoms with Crippen molar-refractivity contribution >= 4 is 15.7 Å². The monoisotopic (exact) mass is 268 g/mol. The van der Waals surface area contributed by atoms with Crippen LogP contribution in [0.1, 0.15) is 24.2 Å². The van der Waals surface area contributed by atoms with Crippen LogP contribution in [0.15, 0.2) is 24.5 Å². The molecular weight excluding hydrogens is 252 g/mol. The largest absolute Gasteiger partial charge is 0.334 e. The second-order valence-corrected chi connectivity index (χ2v) is 7.03. The van der Waals surface area contributed by atoms with Crippen molar-refractivity contribution in [3.8, 4) is 0 Å². The van der Waals surface area contributed by atoms with E-state index >= 15 is 0 Å². The number of aromatic nitrogens is 1. The summed E-state index contributed by atoms with van der Waals surface area (Å²) in [5, 5.41) is -0.521. The maximum Gasteiger partial charge on any atom is 0.255 e. The van der Waals surface area contributed by atoms with Gasteiger partial charge >= 0.3 is 0 Å². The molecule has 1 aromatic rings. The van der Waals surface area contributed by atoms with E-state index in [-0.39, 0.29) is 24.2 Å². The van der Waals surface area contributed by atoms with Crippen LogP contribution in [-0.4, -0.2) is 47.8 Å². The summed E-state index contributed by atoms with van der Waals surface area (Å²) in [7, 11) is -3.07. The Morgan fingerprint density at radius 1 is 1.44 bits per heavy atom. The predicted octanol–water partition coefficient (Wildman–Crippen LogP) is 0.729. The fourth-order valence-electron chi connectivity index (χ4n) is 2.11. The zero-order valence-electron chi connectivity index (χ0n) is 10.4. The number of amides is 1. The molecule has 6 heteroatoms. The standard InChI is InChI=1S/C12H16N2O3S/c1-9-10(2)18(16,17)7-6-14(9)12(15)11-4-3-5-13-8-11/h3-5,8-10H,6-7H2,1-2H3/t9-,10+/m1/s1. The second kappa shape index (κ2) is 4.68. The SMILES string of the molecule is C[C@@H]1[C@H](C)S(=O)(=O)CCN1C(=O)c1cccnc1. The molecule has 0 saturated carbocycles. The van der Waals surface area contributed by atoms with Crippen LogP contribution in [0.25, 0.3) is 0 Å². The van der Waals surface area contributed by atoms with Gasteiger partial charge in [0.15, 0.2) is 9.84 Å². The van der Waals surface area contributed by atoms with Crippen LogP contribution in [0.5, 0.6) is 0 Å². The van der Waals surface area contributed by atoms with Crippen LogP contribution in [0.2, 0.25) is 0 Å². The highest BCUT2D eigenvalue weighted by Crippen LogP contribution is 2.21. The summed E-state index contributed by atoms with van der Waals surface area (Å²) in [6.45, 7) is 3.68. The Hall–Kier alpha value is -1.43. The van der Waals surface area contributed by atoms with Gasteiger partial charge in [-0.3, -0.25) is 9.78 Å². The molecule has 2 atom stereocenters. The van der Waals surface area contributed by atoms with Crippen LogP contribution in [0.3, 0.4) is 0 Å². The van der Waals surface area contributed by atoms with Gasteiger partial charge in [-0.2, -0.15) is 0 Å². The number of rotatable bonds is 1. The normalized spacial score (nSPS) is 26.9. The minimum Gasteiger partial charge on any atom is -0.334 e. The molecule has 0 aromatic carbocycles. The summed E-state index contributed by atoms with van der Waals surface area (Å²) >= 11 is 0. The number of nitrogens with zero attached hydrogens (tertiary/aromatic N) is 2. The first-order chi connectivity index (χ1) is 8.43. The summed E-state index contributed by atoms with van der Waals surface area (Å²) in [6, 6.07) is 3.08.